The topological polar surface area (TPSA) is 453 Å². The van der Waals surface area contributed by atoms with Crippen LogP contribution in [0.25, 0.3) is 0 Å². The van der Waals surface area contributed by atoms with Crippen LogP contribution in [0.3, 0.4) is 0 Å². The maximum absolute atomic E-state index is 13.4. The van der Waals surface area contributed by atoms with E-state index in [0.717, 1.165) is 6.20 Å². The lowest BCUT2D eigenvalue weighted by atomic mass is 10.0. The Kier molecular flexibility index (Phi) is 18.2. The molecule has 0 spiro atoms. The first-order valence-corrected chi connectivity index (χ1v) is 16.3. The van der Waals surface area contributed by atoms with Crippen LogP contribution >= 0.6 is 0 Å². The molecule has 2 aliphatic heterocycles. The molecule has 27 heteroatoms. The minimum Gasteiger partial charge on any atom is -0.394 e. The van der Waals surface area contributed by atoms with Crippen LogP contribution in [0.4, 0.5) is 4.79 Å². The summed E-state index contributed by atoms with van der Waals surface area (Å²) in [5.41, 5.74) is 27.4. The molecular weight excluding hydrogens is 708 g/mol. The Labute approximate surface area is 290 Å². The van der Waals surface area contributed by atoms with Gasteiger partial charge in [0, 0.05) is 25.8 Å². The average molecular weight is 753 g/mol. The lowest BCUT2D eigenvalue weighted by Crippen LogP contribution is -2.64. The van der Waals surface area contributed by atoms with Crippen molar-refractivity contribution in [3.8, 4) is 0 Å². The minimum absolute atomic E-state index is 0.0144. The van der Waals surface area contributed by atoms with E-state index in [1.807, 2.05) is 5.32 Å². The van der Waals surface area contributed by atoms with E-state index in [1.165, 1.54) is 0 Å². The van der Waals surface area contributed by atoms with Crippen molar-refractivity contribution in [3.05, 3.63) is 11.9 Å². The zero-order valence-corrected chi connectivity index (χ0v) is 27.8. The number of nitrogens with two attached hydrogens (primary N) is 5. The number of rotatable bonds is 9. The number of hydrogen-bond acceptors (Lipinski definition) is 16. The Morgan fingerprint density at radius 2 is 1.63 bits per heavy atom. The summed E-state index contributed by atoms with van der Waals surface area (Å²) < 4.78 is 31.6. The second-order valence-electron chi connectivity index (χ2n) is 10.7. The highest BCUT2D eigenvalue weighted by molar-refractivity contribution is 7.79. The van der Waals surface area contributed by atoms with E-state index < -0.39 is 114 Å². The molecule has 0 aromatic carbocycles. The molecule has 6 unspecified atom stereocenters. The lowest BCUT2D eigenvalue weighted by Gasteiger charge is -2.31. The maximum atomic E-state index is 13.4. The van der Waals surface area contributed by atoms with Crippen LogP contribution < -0.4 is 71.2 Å². The molecule has 8 amide bonds. The molecule has 0 aromatic rings. The van der Waals surface area contributed by atoms with Crippen LogP contribution in [0, 0.1) is 0 Å². The molecule has 288 valence electrons. The summed E-state index contributed by atoms with van der Waals surface area (Å²) >= 11 is 0. The largest absolute Gasteiger partial charge is 0.394 e. The van der Waals surface area contributed by atoms with Crippen LogP contribution in [0.1, 0.15) is 19.3 Å². The first-order chi connectivity index (χ1) is 23.8. The smallest absolute Gasteiger partial charge is 0.394 e. The Morgan fingerprint density at radius 3 is 2.20 bits per heavy atom. The number of urea groups is 1. The summed E-state index contributed by atoms with van der Waals surface area (Å²) in [5, 5.41) is 28.6. The fourth-order valence-corrected chi connectivity index (χ4v) is 4.14. The molecule has 1 fully saturated rings. The second-order valence-corrected chi connectivity index (χ2v) is 11.6. The Hall–Kier alpha value is -5.19. The highest BCUT2D eigenvalue weighted by Crippen LogP contribution is 2.07. The summed E-state index contributed by atoms with van der Waals surface area (Å²) in [7, 11) is -4.67. The van der Waals surface area contributed by atoms with Gasteiger partial charge in [-0.2, -0.15) is 8.42 Å². The molecule has 1 saturated heterocycles. The number of amides is 8. The van der Waals surface area contributed by atoms with Crippen molar-refractivity contribution in [1.29, 1.82) is 0 Å². The van der Waals surface area contributed by atoms with Crippen molar-refractivity contribution >= 4 is 57.8 Å². The predicted molar refractivity (Wildman–Crippen MR) is 174 cm³/mol. The number of carbonyl (C=O) groups excluding carboxylic acids is 7. The van der Waals surface area contributed by atoms with Gasteiger partial charge in [-0.05, 0) is 25.8 Å². The van der Waals surface area contributed by atoms with E-state index in [1.54, 1.807) is 0 Å². The van der Waals surface area contributed by atoms with Crippen molar-refractivity contribution in [1.82, 2.24) is 42.5 Å². The van der Waals surface area contributed by atoms with E-state index in [9.17, 15) is 38.7 Å². The summed E-state index contributed by atoms with van der Waals surface area (Å²) in [4.78, 5) is 93.7. The van der Waals surface area contributed by atoms with E-state index in [2.05, 4.69) is 42.2 Å². The normalized spacial score (nSPS) is 25.1. The van der Waals surface area contributed by atoms with Gasteiger partial charge in [0.1, 0.15) is 29.9 Å². The number of aliphatic hydroxyl groups is 1. The quantitative estimate of drug-likeness (QED) is 0.0768. The van der Waals surface area contributed by atoms with E-state index >= 15 is 0 Å². The van der Waals surface area contributed by atoms with Crippen molar-refractivity contribution in [2.45, 2.75) is 55.5 Å². The Morgan fingerprint density at radius 1 is 1.00 bits per heavy atom. The Bertz CT molecular complexity index is 1450. The van der Waals surface area contributed by atoms with Gasteiger partial charge in [-0.15, -0.1) is 0 Å². The molecule has 0 saturated carbocycles. The summed E-state index contributed by atoms with van der Waals surface area (Å²) in [6, 6.07) is -9.04. The highest BCUT2D eigenvalue weighted by Gasteiger charge is 2.35. The summed E-state index contributed by atoms with van der Waals surface area (Å²) in [6.07, 6.45) is 1.61. The van der Waals surface area contributed by atoms with Gasteiger partial charge in [0.15, 0.2) is 5.96 Å². The number of nitrogens with zero attached hydrogens (tertiary/aromatic N) is 1. The maximum Gasteiger partial charge on any atom is 0.394 e. The average Bonchev–Trinajstić information content (AvgIpc) is 3.05. The molecule has 26 nitrogen and oxygen atoms in total. The van der Waals surface area contributed by atoms with E-state index in [4.69, 9.17) is 46.2 Å². The van der Waals surface area contributed by atoms with Gasteiger partial charge in [0.05, 0.1) is 18.7 Å². The Balaban J connectivity index is 0.00000242. The number of nitrogens with one attached hydrogen (secondary N) is 8. The fourth-order valence-electron chi connectivity index (χ4n) is 4.14. The predicted octanol–water partition coefficient (Wildman–Crippen LogP) is -9.28. The van der Waals surface area contributed by atoms with Crippen LogP contribution in [0.2, 0.25) is 0 Å². The standard InChI is InChI=1S/C24H42N14O8.H2O4S/c25-4-1-2-10(26)17(40)32-7-13-19(42)34-14(8-33-24(29)46)20(43)38-16(12-3-5-30-23(28)37-12)22(45)31-6-11(27)18(41)36-15(9-39)21(44)35-13;1-5(2,3)4/h8,10-13,15-16,39H,1-7,9,25-27H2,(H,31,45)(H,32,40)(H,34,42)(H,35,44)(H,36,41)(H,38,43)(H3,28,30,37)(H3,29,33,46);(H2,1,2,3,4). The lowest BCUT2D eigenvalue weighted by molar-refractivity contribution is -0.134. The fraction of sp³-hybridized carbons (Fsp3) is 0.583. The number of carbonyl (C=O) groups is 7. The zero-order chi connectivity index (χ0) is 38.9. The van der Waals surface area contributed by atoms with Crippen LogP contribution in [0.15, 0.2) is 16.9 Å². The zero-order valence-electron chi connectivity index (χ0n) is 27.0. The molecule has 51 heavy (non-hydrogen) atoms. The first-order valence-electron chi connectivity index (χ1n) is 14.9. The summed E-state index contributed by atoms with van der Waals surface area (Å²) in [5.74, 6) is -5.78. The first kappa shape index (κ1) is 43.8. The van der Waals surface area contributed by atoms with Gasteiger partial charge in [0.2, 0.25) is 29.5 Å². The molecule has 0 aromatic heterocycles. The van der Waals surface area contributed by atoms with Crippen molar-refractivity contribution in [2.75, 3.05) is 32.8 Å². The van der Waals surface area contributed by atoms with Crippen LogP contribution in [0.5, 0.6) is 0 Å². The van der Waals surface area contributed by atoms with Gasteiger partial charge in [-0.25, -0.2) is 4.79 Å². The number of primary amides is 1. The SMILES string of the molecule is NCCCC(N)C(=O)NCC1NC(=O)C(CO)NC(=O)C(N)CNC(=O)C(C2CCN=C(N)N2)NC(=O)C(=CNC(N)=O)NC1=O.O=S(=O)(O)O. The van der Waals surface area contributed by atoms with E-state index in [-0.39, 0.29) is 31.9 Å². The van der Waals surface area contributed by atoms with Gasteiger partial charge >= 0.3 is 16.4 Å². The number of aliphatic imine (C=N–C) groups is 1. The molecule has 2 heterocycles. The molecule has 21 N–H and O–H groups in total. The van der Waals surface area contributed by atoms with Crippen molar-refractivity contribution < 1.29 is 56.2 Å². The van der Waals surface area contributed by atoms with Crippen LogP contribution in [-0.4, -0.2) is 139 Å². The molecule has 0 radical (unpaired) electrons. The van der Waals surface area contributed by atoms with Gasteiger partial charge in [0.25, 0.3) is 5.91 Å². The van der Waals surface area contributed by atoms with Crippen molar-refractivity contribution in [2.24, 2.45) is 33.7 Å². The van der Waals surface area contributed by atoms with Gasteiger partial charge in [-0.1, -0.05) is 0 Å². The summed E-state index contributed by atoms with van der Waals surface area (Å²) in [6.45, 7) is -1.51. The number of aliphatic hydroxyl groups excluding tert-OH is 1. The molecule has 0 aliphatic carbocycles. The van der Waals surface area contributed by atoms with Gasteiger partial charge in [-0.3, -0.25) is 42.9 Å². The minimum atomic E-state index is -4.67. The van der Waals surface area contributed by atoms with Crippen molar-refractivity contribution in [3.63, 3.8) is 0 Å². The monoisotopic (exact) mass is 752 g/mol. The van der Waals surface area contributed by atoms with E-state index in [0.29, 0.717) is 6.42 Å². The molecule has 2 aliphatic rings. The third kappa shape index (κ3) is 16.9. The second kappa shape index (κ2) is 21.1. The molecule has 2 rings (SSSR count). The molecule has 6 atom stereocenters. The number of hydrogen-bond donors (Lipinski definition) is 16. The highest BCUT2D eigenvalue weighted by atomic mass is 32.3. The van der Waals surface area contributed by atoms with Gasteiger partial charge < -0.3 is 76.3 Å². The third-order valence-corrected chi connectivity index (χ3v) is 6.71. The molecular formula is C24H44N14O12S. The molecule has 0 bridgehead atoms. The van der Waals surface area contributed by atoms with Crippen LogP contribution in [-0.2, 0) is 39.2 Å². The number of guanidine groups is 1. The third-order valence-electron chi connectivity index (χ3n) is 6.71.